The van der Waals surface area contributed by atoms with Gasteiger partial charge in [0.05, 0.1) is 36.2 Å². The third-order valence-electron chi connectivity index (χ3n) is 5.39. The van der Waals surface area contributed by atoms with E-state index < -0.39 is 17.8 Å². The zero-order chi connectivity index (χ0) is 26.0. The molecule has 37 heavy (non-hydrogen) atoms. The first-order valence-electron chi connectivity index (χ1n) is 11.5. The fourth-order valence-corrected chi connectivity index (χ4v) is 3.47. The SMILES string of the molecule is O=C(NN=Cc1ccc(OC(=O)c2ccccc2)cc1)C(=O)Nc1ccccc1C(=O)N1CCOCC1. The standard InChI is InChI=1S/C27H24N4O6/c32-24(29-23-9-5-4-8-22(23)26(34)31-14-16-36-17-15-31)25(33)30-28-18-19-10-12-21(13-11-19)37-27(35)20-6-2-1-3-7-20/h1-13,18H,14-17H2,(H,29,32)(H,30,33). The fourth-order valence-electron chi connectivity index (χ4n) is 3.47. The van der Waals surface area contributed by atoms with Crippen molar-refractivity contribution in [1.82, 2.24) is 10.3 Å². The molecule has 1 aliphatic rings. The van der Waals surface area contributed by atoms with Gasteiger partial charge in [0.15, 0.2) is 0 Å². The Morgan fingerprint density at radius 2 is 1.51 bits per heavy atom. The van der Waals surface area contributed by atoms with E-state index in [1.165, 1.54) is 6.21 Å². The number of para-hydroxylation sites is 1. The maximum Gasteiger partial charge on any atom is 0.343 e. The van der Waals surface area contributed by atoms with Crippen molar-refractivity contribution < 1.29 is 28.7 Å². The number of hydrogen-bond acceptors (Lipinski definition) is 7. The number of esters is 1. The van der Waals surface area contributed by atoms with Crippen LogP contribution in [0.15, 0.2) is 84.0 Å². The third-order valence-corrected chi connectivity index (χ3v) is 5.39. The summed E-state index contributed by atoms with van der Waals surface area (Å²) in [5, 5.41) is 6.26. The topological polar surface area (TPSA) is 126 Å². The first-order valence-corrected chi connectivity index (χ1v) is 11.5. The molecule has 0 saturated carbocycles. The van der Waals surface area contributed by atoms with E-state index in [0.717, 1.165) is 0 Å². The second kappa shape index (κ2) is 12.2. The number of hydrazone groups is 1. The molecule has 1 saturated heterocycles. The molecule has 1 heterocycles. The number of nitrogens with one attached hydrogen (secondary N) is 2. The highest BCUT2D eigenvalue weighted by Gasteiger charge is 2.23. The molecule has 1 fully saturated rings. The van der Waals surface area contributed by atoms with E-state index in [1.807, 2.05) is 0 Å². The maximum absolute atomic E-state index is 12.8. The highest BCUT2D eigenvalue weighted by atomic mass is 16.5. The largest absolute Gasteiger partial charge is 0.423 e. The van der Waals surface area contributed by atoms with Crippen LogP contribution in [0, 0.1) is 0 Å². The van der Waals surface area contributed by atoms with E-state index in [0.29, 0.717) is 43.2 Å². The summed E-state index contributed by atoms with van der Waals surface area (Å²) in [6.07, 6.45) is 1.34. The third kappa shape index (κ3) is 6.86. The van der Waals surface area contributed by atoms with Gasteiger partial charge in [-0.3, -0.25) is 14.4 Å². The molecule has 1 aliphatic heterocycles. The van der Waals surface area contributed by atoms with Crippen LogP contribution >= 0.6 is 0 Å². The predicted octanol–water partition coefficient (Wildman–Crippen LogP) is 2.47. The quantitative estimate of drug-likeness (QED) is 0.176. The van der Waals surface area contributed by atoms with Crippen molar-refractivity contribution in [3.8, 4) is 5.75 Å². The molecular formula is C27H24N4O6. The van der Waals surface area contributed by atoms with Gasteiger partial charge in [-0.25, -0.2) is 10.2 Å². The highest BCUT2D eigenvalue weighted by molar-refractivity contribution is 6.40. The van der Waals surface area contributed by atoms with Crippen LogP contribution in [0.4, 0.5) is 5.69 Å². The number of carbonyl (C=O) groups excluding carboxylic acids is 4. The van der Waals surface area contributed by atoms with Crippen LogP contribution in [0.3, 0.4) is 0 Å². The second-order valence-corrected chi connectivity index (χ2v) is 7.93. The molecule has 10 heteroatoms. The number of ether oxygens (including phenoxy) is 2. The van der Waals surface area contributed by atoms with Gasteiger partial charge in [-0.05, 0) is 54.1 Å². The Labute approximate surface area is 212 Å². The Hall–Kier alpha value is -4.83. The van der Waals surface area contributed by atoms with Crippen LogP contribution in [0.1, 0.15) is 26.3 Å². The molecule has 188 valence electrons. The summed E-state index contributed by atoms with van der Waals surface area (Å²) in [5.41, 5.74) is 3.69. The van der Waals surface area contributed by atoms with E-state index in [4.69, 9.17) is 9.47 Å². The van der Waals surface area contributed by atoms with Crippen molar-refractivity contribution in [2.75, 3.05) is 31.6 Å². The van der Waals surface area contributed by atoms with E-state index >= 15 is 0 Å². The van der Waals surface area contributed by atoms with E-state index in [1.54, 1.807) is 83.8 Å². The Morgan fingerprint density at radius 3 is 2.24 bits per heavy atom. The average Bonchev–Trinajstić information content (AvgIpc) is 2.94. The molecule has 3 aromatic rings. The van der Waals surface area contributed by atoms with Gasteiger partial charge in [0.2, 0.25) is 0 Å². The number of anilines is 1. The second-order valence-electron chi connectivity index (χ2n) is 7.93. The molecule has 0 radical (unpaired) electrons. The number of benzene rings is 3. The summed E-state index contributed by atoms with van der Waals surface area (Å²) in [6.45, 7) is 1.80. The van der Waals surface area contributed by atoms with Crippen LogP contribution in [0.2, 0.25) is 0 Å². The number of morpholine rings is 1. The summed E-state index contributed by atoms with van der Waals surface area (Å²) in [7, 11) is 0. The van der Waals surface area contributed by atoms with Crippen molar-refractivity contribution >= 4 is 35.6 Å². The van der Waals surface area contributed by atoms with Crippen LogP contribution in [0.5, 0.6) is 5.75 Å². The average molecular weight is 501 g/mol. The van der Waals surface area contributed by atoms with Gasteiger partial charge in [0, 0.05) is 13.1 Å². The first kappa shape index (κ1) is 25.3. The van der Waals surface area contributed by atoms with E-state index in [2.05, 4.69) is 15.8 Å². The van der Waals surface area contributed by atoms with Crippen molar-refractivity contribution in [3.63, 3.8) is 0 Å². The Bertz CT molecular complexity index is 1300. The zero-order valence-corrected chi connectivity index (χ0v) is 19.8. The zero-order valence-electron chi connectivity index (χ0n) is 19.8. The van der Waals surface area contributed by atoms with E-state index in [9.17, 15) is 19.2 Å². The summed E-state index contributed by atoms with van der Waals surface area (Å²) in [6, 6.07) is 21.5. The highest BCUT2D eigenvalue weighted by Crippen LogP contribution is 2.18. The monoisotopic (exact) mass is 500 g/mol. The molecular weight excluding hydrogens is 476 g/mol. The number of hydrogen-bond donors (Lipinski definition) is 2. The van der Waals surface area contributed by atoms with Crippen LogP contribution in [-0.4, -0.2) is 61.1 Å². The lowest BCUT2D eigenvalue weighted by molar-refractivity contribution is -0.136. The fraction of sp³-hybridized carbons (Fsp3) is 0.148. The molecule has 0 bridgehead atoms. The van der Waals surface area contributed by atoms with Gasteiger partial charge in [0.25, 0.3) is 5.91 Å². The normalized spacial score (nSPS) is 13.1. The van der Waals surface area contributed by atoms with Gasteiger partial charge in [-0.1, -0.05) is 30.3 Å². The summed E-state index contributed by atoms with van der Waals surface area (Å²) < 4.78 is 10.6. The molecule has 3 aromatic carbocycles. The van der Waals surface area contributed by atoms with Crippen molar-refractivity contribution in [3.05, 3.63) is 95.6 Å². The lowest BCUT2D eigenvalue weighted by Gasteiger charge is -2.27. The first-order chi connectivity index (χ1) is 18.0. The van der Waals surface area contributed by atoms with Crippen molar-refractivity contribution in [2.24, 2.45) is 5.10 Å². The van der Waals surface area contributed by atoms with Gasteiger partial charge in [-0.15, -0.1) is 0 Å². The van der Waals surface area contributed by atoms with Gasteiger partial charge in [0.1, 0.15) is 5.75 Å². The van der Waals surface area contributed by atoms with Crippen molar-refractivity contribution in [1.29, 1.82) is 0 Å². The molecule has 10 nitrogen and oxygen atoms in total. The lowest BCUT2D eigenvalue weighted by atomic mass is 10.1. The summed E-state index contributed by atoms with van der Waals surface area (Å²) in [5.74, 6) is -2.36. The molecule has 0 spiro atoms. The molecule has 3 amide bonds. The van der Waals surface area contributed by atoms with Crippen LogP contribution < -0.4 is 15.5 Å². The minimum absolute atomic E-state index is 0.226. The predicted molar refractivity (Wildman–Crippen MR) is 135 cm³/mol. The van der Waals surface area contributed by atoms with Gasteiger partial charge in [-0.2, -0.15) is 5.10 Å². The Balaban J connectivity index is 1.30. The Kier molecular flexibility index (Phi) is 8.35. The molecule has 0 unspecified atom stereocenters. The minimum Gasteiger partial charge on any atom is -0.423 e. The molecule has 0 atom stereocenters. The lowest BCUT2D eigenvalue weighted by Crippen LogP contribution is -2.41. The maximum atomic E-state index is 12.8. The number of amides is 3. The minimum atomic E-state index is -1.00. The van der Waals surface area contributed by atoms with Crippen molar-refractivity contribution in [2.45, 2.75) is 0 Å². The van der Waals surface area contributed by atoms with Crippen LogP contribution in [-0.2, 0) is 14.3 Å². The molecule has 0 aliphatic carbocycles. The van der Waals surface area contributed by atoms with Gasteiger partial charge < -0.3 is 19.7 Å². The number of nitrogens with zero attached hydrogens (tertiary/aromatic N) is 2. The Morgan fingerprint density at radius 1 is 0.838 bits per heavy atom. The summed E-state index contributed by atoms with van der Waals surface area (Å²) >= 11 is 0. The molecule has 4 rings (SSSR count). The number of carbonyl (C=O) groups is 4. The van der Waals surface area contributed by atoms with Crippen LogP contribution in [0.25, 0.3) is 0 Å². The van der Waals surface area contributed by atoms with Gasteiger partial charge >= 0.3 is 17.8 Å². The smallest absolute Gasteiger partial charge is 0.343 e. The number of rotatable bonds is 6. The molecule has 2 N–H and O–H groups in total. The summed E-state index contributed by atoms with van der Waals surface area (Å²) in [4.78, 5) is 51.2. The van der Waals surface area contributed by atoms with E-state index in [-0.39, 0.29) is 17.2 Å². The molecule has 0 aromatic heterocycles.